The molecule has 114 valence electrons. The van der Waals surface area contributed by atoms with Gasteiger partial charge in [0.15, 0.2) is 9.84 Å². The van der Waals surface area contributed by atoms with Crippen molar-refractivity contribution in [3.05, 3.63) is 28.8 Å². The van der Waals surface area contributed by atoms with E-state index in [1.54, 1.807) is 18.2 Å². The van der Waals surface area contributed by atoms with Crippen LogP contribution in [-0.4, -0.2) is 38.5 Å². The van der Waals surface area contributed by atoms with Crippen molar-refractivity contribution in [2.45, 2.75) is 18.9 Å². The highest BCUT2D eigenvalue weighted by Crippen LogP contribution is 2.30. The molecule has 5 nitrogen and oxygen atoms in total. The highest BCUT2D eigenvalue weighted by atomic mass is 35.5. The minimum absolute atomic E-state index is 0.0364. The molecule has 0 saturated carbocycles. The summed E-state index contributed by atoms with van der Waals surface area (Å²) in [5, 5.41) is 3.43. The molecule has 0 spiro atoms. The fourth-order valence-corrected chi connectivity index (χ4v) is 4.63. The minimum atomic E-state index is -2.99. The predicted molar refractivity (Wildman–Crippen MR) is 79.3 cm³/mol. The van der Waals surface area contributed by atoms with Crippen molar-refractivity contribution in [3.8, 4) is 5.75 Å². The van der Waals surface area contributed by atoms with Crippen LogP contribution in [0.5, 0.6) is 5.75 Å². The summed E-state index contributed by atoms with van der Waals surface area (Å²) in [6.45, 7) is 0.305. The lowest BCUT2D eigenvalue weighted by Crippen LogP contribution is -2.43. The second-order valence-corrected chi connectivity index (χ2v) is 8.24. The molecule has 1 N–H and O–H groups in total. The van der Waals surface area contributed by atoms with E-state index in [9.17, 15) is 13.2 Å². The van der Waals surface area contributed by atoms with Crippen LogP contribution in [0.25, 0.3) is 0 Å². The molecule has 2 aliphatic heterocycles. The van der Waals surface area contributed by atoms with E-state index in [-0.39, 0.29) is 29.4 Å². The predicted octanol–water partition coefficient (Wildman–Crippen LogP) is 1.19. The van der Waals surface area contributed by atoms with Gasteiger partial charge in [0.25, 0.3) is 0 Å². The molecule has 2 atom stereocenters. The molecule has 2 heterocycles. The summed E-state index contributed by atoms with van der Waals surface area (Å²) in [6.07, 6.45) is 1.05. The second kappa shape index (κ2) is 5.50. The quantitative estimate of drug-likeness (QED) is 0.884. The molecule has 21 heavy (non-hydrogen) atoms. The molecule has 0 unspecified atom stereocenters. The third-order valence-electron chi connectivity index (χ3n) is 3.88. The molecule has 0 aliphatic carbocycles. The summed E-state index contributed by atoms with van der Waals surface area (Å²) in [4.78, 5) is 12.2. The highest BCUT2D eigenvalue weighted by molar-refractivity contribution is 7.91. The van der Waals surface area contributed by atoms with Crippen molar-refractivity contribution in [2.24, 2.45) is 5.92 Å². The van der Waals surface area contributed by atoms with E-state index in [0.717, 1.165) is 11.3 Å². The van der Waals surface area contributed by atoms with Crippen LogP contribution in [0.1, 0.15) is 12.0 Å². The Labute approximate surface area is 128 Å². The summed E-state index contributed by atoms with van der Waals surface area (Å²) < 4.78 is 28.4. The van der Waals surface area contributed by atoms with Gasteiger partial charge in [0, 0.05) is 11.1 Å². The Bertz CT molecular complexity index is 674. The third kappa shape index (κ3) is 3.32. The van der Waals surface area contributed by atoms with Gasteiger partial charge in [-0.15, -0.1) is 0 Å². The van der Waals surface area contributed by atoms with Gasteiger partial charge >= 0.3 is 0 Å². The lowest BCUT2D eigenvalue weighted by atomic mass is 9.95. The van der Waals surface area contributed by atoms with Crippen LogP contribution in [0.4, 0.5) is 0 Å². The topological polar surface area (TPSA) is 72.5 Å². The average Bonchev–Trinajstić information content (AvgIpc) is 2.77. The first-order chi connectivity index (χ1) is 9.93. The van der Waals surface area contributed by atoms with Gasteiger partial charge in [0.05, 0.1) is 17.4 Å². The number of fused-ring (bicyclic) bond motifs is 1. The molecule has 1 saturated heterocycles. The molecule has 0 radical (unpaired) electrons. The number of ether oxygens (including phenoxy) is 1. The van der Waals surface area contributed by atoms with Gasteiger partial charge in [-0.25, -0.2) is 8.42 Å². The van der Waals surface area contributed by atoms with Crippen molar-refractivity contribution in [1.82, 2.24) is 5.32 Å². The molecule has 1 fully saturated rings. The molecule has 7 heteroatoms. The van der Waals surface area contributed by atoms with Gasteiger partial charge in [0.2, 0.25) is 5.91 Å². The summed E-state index contributed by atoms with van der Waals surface area (Å²) in [7, 11) is -2.99. The Hall–Kier alpha value is -1.27. The SMILES string of the molecule is O=C(N[C@H]1CCS(=O)(=O)C1)[C@@H]1COc2ccc(Cl)cc2C1. The van der Waals surface area contributed by atoms with Gasteiger partial charge in [-0.2, -0.15) is 0 Å². The number of halogens is 1. The van der Waals surface area contributed by atoms with Crippen molar-refractivity contribution in [3.63, 3.8) is 0 Å². The zero-order valence-corrected chi connectivity index (χ0v) is 12.9. The average molecular weight is 330 g/mol. The molecule has 3 rings (SSSR count). The highest BCUT2D eigenvalue weighted by Gasteiger charge is 2.32. The largest absolute Gasteiger partial charge is 0.492 e. The summed E-state index contributed by atoms with van der Waals surface area (Å²) in [5.41, 5.74) is 0.910. The minimum Gasteiger partial charge on any atom is -0.492 e. The Morgan fingerprint density at radius 2 is 2.19 bits per heavy atom. The number of sulfone groups is 1. The van der Waals surface area contributed by atoms with Gasteiger partial charge < -0.3 is 10.1 Å². The number of amides is 1. The Kier molecular flexibility index (Phi) is 3.84. The van der Waals surface area contributed by atoms with Gasteiger partial charge in [-0.05, 0) is 36.6 Å². The molecular weight excluding hydrogens is 314 g/mol. The van der Waals surface area contributed by atoms with Crippen LogP contribution in [-0.2, 0) is 21.1 Å². The maximum Gasteiger partial charge on any atom is 0.227 e. The van der Waals surface area contributed by atoms with Crippen LogP contribution in [0.2, 0.25) is 5.02 Å². The first kappa shape index (κ1) is 14.7. The van der Waals surface area contributed by atoms with E-state index in [2.05, 4.69) is 5.32 Å². The van der Waals surface area contributed by atoms with Gasteiger partial charge in [-0.1, -0.05) is 11.6 Å². The number of carbonyl (C=O) groups is 1. The molecular formula is C14H16ClNO4S. The van der Waals surface area contributed by atoms with E-state index >= 15 is 0 Å². The molecule has 2 aliphatic rings. The second-order valence-electron chi connectivity index (χ2n) is 5.57. The maximum atomic E-state index is 12.2. The third-order valence-corrected chi connectivity index (χ3v) is 5.88. The van der Waals surface area contributed by atoms with Crippen LogP contribution in [0.15, 0.2) is 18.2 Å². The maximum absolute atomic E-state index is 12.2. The van der Waals surface area contributed by atoms with E-state index in [4.69, 9.17) is 16.3 Å². The van der Waals surface area contributed by atoms with Crippen LogP contribution < -0.4 is 10.1 Å². The fraction of sp³-hybridized carbons (Fsp3) is 0.500. The number of benzene rings is 1. The van der Waals surface area contributed by atoms with E-state index < -0.39 is 9.84 Å². The zero-order valence-electron chi connectivity index (χ0n) is 11.3. The Morgan fingerprint density at radius 3 is 2.90 bits per heavy atom. The standard InChI is InChI=1S/C14H16ClNO4S/c15-11-1-2-13-9(6-11)5-10(7-20-13)14(17)16-12-3-4-21(18,19)8-12/h1-2,6,10,12H,3-5,7-8H2,(H,16,17)/t10-,12-/m0/s1. The Balaban J connectivity index is 1.64. The first-order valence-electron chi connectivity index (χ1n) is 6.85. The van der Waals surface area contributed by atoms with Crippen LogP contribution in [0.3, 0.4) is 0 Å². The number of rotatable bonds is 2. The van der Waals surface area contributed by atoms with Gasteiger partial charge in [-0.3, -0.25) is 4.79 Å². The van der Waals surface area contributed by atoms with Crippen molar-refractivity contribution in [1.29, 1.82) is 0 Å². The number of nitrogens with one attached hydrogen (secondary N) is 1. The lowest BCUT2D eigenvalue weighted by Gasteiger charge is -2.25. The molecule has 0 bridgehead atoms. The molecule has 0 aromatic heterocycles. The van der Waals surface area contributed by atoms with E-state index in [1.165, 1.54) is 0 Å². The van der Waals surface area contributed by atoms with E-state index in [0.29, 0.717) is 24.5 Å². The summed E-state index contributed by atoms with van der Waals surface area (Å²) in [5.74, 6) is 0.487. The Morgan fingerprint density at radius 1 is 1.38 bits per heavy atom. The van der Waals surface area contributed by atoms with Crippen molar-refractivity contribution in [2.75, 3.05) is 18.1 Å². The summed E-state index contributed by atoms with van der Waals surface area (Å²) in [6, 6.07) is 5.08. The monoisotopic (exact) mass is 329 g/mol. The van der Waals surface area contributed by atoms with Crippen molar-refractivity contribution >= 4 is 27.3 Å². The molecule has 1 aromatic carbocycles. The normalized spacial score (nSPS) is 26.7. The fourth-order valence-electron chi connectivity index (χ4n) is 2.76. The molecule has 1 aromatic rings. The number of carbonyl (C=O) groups excluding carboxylic acids is 1. The van der Waals surface area contributed by atoms with Crippen molar-refractivity contribution < 1.29 is 17.9 Å². The number of hydrogen-bond donors (Lipinski definition) is 1. The first-order valence-corrected chi connectivity index (χ1v) is 9.05. The summed E-state index contributed by atoms with van der Waals surface area (Å²) >= 11 is 5.95. The van der Waals surface area contributed by atoms with Crippen LogP contribution in [0, 0.1) is 5.92 Å². The van der Waals surface area contributed by atoms with E-state index in [1.807, 2.05) is 0 Å². The lowest BCUT2D eigenvalue weighted by molar-refractivity contribution is -0.126. The molecule has 1 amide bonds. The zero-order chi connectivity index (χ0) is 15.0. The smallest absolute Gasteiger partial charge is 0.227 e. The van der Waals surface area contributed by atoms with Crippen LogP contribution >= 0.6 is 11.6 Å². The number of hydrogen-bond acceptors (Lipinski definition) is 4. The van der Waals surface area contributed by atoms with Gasteiger partial charge in [0.1, 0.15) is 12.4 Å².